The Hall–Kier alpha value is -6.13. The van der Waals surface area contributed by atoms with Crippen LogP contribution in [-0.2, 0) is 9.59 Å². The average molecular weight is 969 g/mol. The Balaban J connectivity index is 0.670. The number of anilines is 1. The summed E-state index contributed by atoms with van der Waals surface area (Å²) in [6.45, 7) is 14.7. The van der Waals surface area contributed by atoms with Crippen molar-refractivity contribution in [3.8, 4) is 44.5 Å². The summed E-state index contributed by atoms with van der Waals surface area (Å²) < 4.78 is 13.9. The molecule has 2 amide bonds. The Kier molecular flexibility index (Phi) is 15.3. The molecular weight excluding hydrogens is 901 g/mol. The van der Waals surface area contributed by atoms with Crippen molar-refractivity contribution in [2.24, 2.45) is 23.7 Å². The number of carbonyl (C=O) groups excluding carboxylic acids is 2. The number of benzene rings is 2. The number of thiazole rings is 1. The number of nitrogens with two attached hydrogens (primary N) is 1. The predicted molar refractivity (Wildman–Crippen MR) is 272 cm³/mol. The smallest absolute Gasteiger partial charge is 0.254 e. The van der Waals surface area contributed by atoms with Crippen molar-refractivity contribution >= 4 is 29.0 Å². The molecule has 16 heteroatoms. The number of hydrogen-bond donors (Lipinski definition) is 3. The number of phenols is 1. The number of carbonyl (C=O) groups is 2. The maximum atomic E-state index is 14.2. The number of ether oxygens (including phenoxy) is 1. The molecule has 0 spiro atoms. The summed E-state index contributed by atoms with van der Waals surface area (Å²) in [7, 11) is 0. The summed E-state index contributed by atoms with van der Waals surface area (Å²) in [5.74, 6) is 2.61. The van der Waals surface area contributed by atoms with Crippen LogP contribution >= 0.6 is 11.3 Å². The van der Waals surface area contributed by atoms with Crippen molar-refractivity contribution in [1.29, 1.82) is 0 Å². The quantitative estimate of drug-likeness (QED) is 0.0698. The summed E-state index contributed by atoms with van der Waals surface area (Å²) in [6.07, 6.45) is 13.4. The molecule has 9 rings (SSSR count). The summed E-state index contributed by atoms with van der Waals surface area (Å²) in [5, 5.41) is 30.8. The minimum atomic E-state index is -0.571. The van der Waals surface area contributed by atoms with E-state index < -0.39 is 12.0 Å². The monoisotopic (exact) mass is 969 g/mol. The number of rotatable bonds is 19. The number of aromatic hydroxyl groups is 1. The van der Waals surface area contributed by atoms with Gasteiger partial charge in [0.25, 0.3) is 5.88 Å². The van der Waals surface area contributed by atoms with Gasteiger partial charge in [0.1, 0.15) is 17.7 Å². The SMILES string of the molecule is Cc1ncsc1-c1ccc([C@H](C)NC(=O)[C@@H]2CCCN2C(=O)[C@H](c2cc(OCCC3CCN(CC4CC(CCC(C)n5cc(-c6cc(-c7ccccc7O)nnc6N)cn5)C4)CC3)no2)C(C)C)cc1. The first-order valence-electron chi connectivity index (χ1n) is 25.3. The Labute approximate surface area is 415 Å². The molecule has 1 saturated carbocycles. The summed E-state index contributed by atoms with van der Waals surface area (Å²) in [5.41, 5.74) is 14.0. The third-order valence-corrected chi connectivity index (χ3v) is 16.0. The van der Waals surface area contributed by atoms with Crippen molar-refractivity contribution in [3.05, 3.63) is 95.6 Å². The molecule has 70 heavy (non-hydrogen) atoms. The van der Waals surface area contributed by atoms with E-state index in [2.05, 4.69) is 54.7 Å². The maximum absolute atomic E-state index is 14.2. The van der Waals surface area contributed by atoms with E-state index in [0.29, 0.717) is 54.2 Å². The normalized spacial score (nSPS) is 20.0. The van der Waals surface area contributed by atoms with E-state index in [-0.39, 0.29) is 35.6 Å². The van der Waals surface area contributed by atoms with Crippen LogP contribution in [0.2, 0.25) is 0 Å². The lowest BCUT2D eigenvalue weighted by Gasteiger charge is -2.41. The van der Waals surface area contributed by atoms with Gasteiger partial charge in [-0.1, -0.05) is 50.2 Å². The standard InChI is InChI=1S/C54H68N10O5S/c1-33(2)50(54(67)63-21-8-10-46(63)53(66)58-35(4)40-14-16-41(17-15-40)51-36(5)56-32-70-51)48-28-49(61-69-48)68-24-20-37-18-22-62(23-19-37)30-39-25-38(26-39)13-12-34(3)64-31-42(29-57-64)44-27-45(59-60-52(44)55)43-9-6-7-11-47(43)65/h6-7,9,11,14-17,27-29,31-35,37-39,46,50,65H,8,10,12-13,18-26,30H2,1-5H3,(H2,55,60)(H,58,66)/t34?,35-,38?,39?,46-,50-/m0/s1. The van der Waals surface area contributed by atoms with Gasteiger partial charge in [0.2, 0.25) is 11.8 Å². The largest absolute Gasteiger partial charge is 0.507 e. The molecule has 0 bridgehead atoms. The Morgan fingerprint density at radius 2 is 1.71 bits per heavy atom. The van der Waals surface area contributed by atoms with Gasteiger partial charge in [-0.2, -0.15) is 5.10 Å². The van der Waals surface area contributed by atoms with Gasteiger partial charge in [0.15, 0.2) is 11.6 Å². The van der Waals surface area contributed by atoms with E-state index in [1.165, 1.54) is 25.8 Å². The van der Waals surface area contributed by atoms with Gasteiger partial charge < -0.3 is 35.2 Å². The molecule has 2 aliphatic heterocycles. The second kappa shape index (κ2) is 21.9. The maximum Gasteiger partial charge on any atom is 0.254 e. The van der Waals surface area contributed by atoms with Crippen molar-refractivity contribution < 1.29 is 24.0 Å². The fraction of sp³-hybridized carbons (Fsp3) is 0.500. The zero-order valence-electron chi connectivity index (χ0n) is 41.2. The molecule has 3 aliphatic rings. The van der Waals surface area contributed by atoms with E-state index >= 15 is 0 Å². The molecule has 6 heterocycles. The molecule has 4 aromatic heterocycles. The van der Waals surface area contributed by atoms with Gasteiger partial charge in [0.05, 0.1) is 40.6 Å². The van der Waals surface area contributed by atoms with Gasteiger partial charge in [-0.25, -0.2) is 4.98 Å². The van der Waals surface area contributed by atoms with Crippen molar-refractivity contribution in [1.82, 2.24) is 45.2 Å². The van der Waals surface area contributed by atoms with Crippen LogP contribution in [-0.4, -0.2) is 95.7 Å². The first kappa shape index (κ1) is 48.9. The zero-order valence-corrected chi connectivity index (χ0v) is 42.0. The third kappa shape index (κ3) is 11.2. The molecule has 2 aromatic carbocycles. The van der Waals surface area contributed by atoms with Crippen LogP contribution in [0.3, 0.4) is 0 Å². The molecule has 3 fully saturated rings. The van der Waals surface area contributed by atoms with Crippen molar-refractivity contribution in [2.75, 3.05) is 38.5 Å². The highest BCUT2D eigenvalue weighted by Gasteiger charge is 2.41. The molecule has 4 N–H and O–H groups in total. The van der Waals surface area contributed by atoms with E-state index in [4.69, 9.17) is 15.0 Å². The Morgan fingerprint density at radius 3 is 2.46 bits per heavy atom. The first-order valence-corrected chi connectivity index (χ1v) is 26.2. The number of nitrogens with one attached hydrogen (secondary N) is 1. The Morgan fingerprint density at radius 1 is 0.929 bits per heavy atom. The van der Waals surface area contributed by atoms with Gasteiger partial charge in [-0.15, -0.1) is 21.5 Å². The minimum Gasteiger partial charge on any atom is -0.507 e. The van der Waals surface area contributed by atoms with E-state index in [0.717, 1.165) is 89.9 Å². The number of phenolic OH excluding ortho intramolecular Hbond substituents is 1. The Bertz CT molecular complexity index is 2700. The number of aryl methyl sites for hydroxylation is 1. The third-order valence-electron chi connectivity index (χ3n) is 15.1. The second-order valence-corrected chi connectivity index (χ2v) is 21.2. The van der Waals surface area contributed by atoms with Crippen LogP contribution < -0.4 is 15.8 Å². The fourth-order valence-electron chi connectivity index (χ4n) is 10.8. The van der Waals surface area contributed by atoms with Crippen LogP contribution in [0.5, 0.6) is 11.6 Å². The first-order chi connectivity index (χ1) is 33.9. The zero-order chi connectivity index (χ0) is 48.9. The molecule has 6 aromatic rings. The topological polar surface area (TPSA) is 191 Å². The lowest BCUT2D eigenvalue weighted by atomic mass is 9.72. The second-order valence-electron chi connectivity index (χ2n) is 20.4. The van der Waals surface area contributed by atoms with Gasteiger partial charge >= 0.3 is 0 Å². The van der Waals surface area contributed by atoms with Crippen LogP contribution in [0.1, 0.15) is 121 Å². The number of aromatic nitrogens is 6. The highest BCUT2D eigenvalue weighted by atomic mass is 32.1. The molecule has 1 aliphatic carbocycles. The van der Waals surface area contributed by atoms with Gasteiger partial charge in [-0.3, -0.25) is 14.3 Å². The number of piperidine rings is 1. The molecule has 0 radical (unpaired) electrons. The van der Waals surface area contributed by atoms with Crippen LogP contribution in [0.4, 0.5) is 5.82 Å². The fourth-order valence-corrected chi connectivity index (χ4v) is 11.6. The van der Waals surface area contributed by atoms with Gasteiger partial charge in [0, 0.05) is 48.1 Å². The van der Waals surface area contributed by atoms with E-state index in [1.54, 1.807) is 34.4 Å². The minimum absolute atomic E-state index is 0.0640. The predicted octanol–water partition coefficient (Wildman–Crippen LogP) is 9.87. The van der Waals surface area contributed by atoms with Crippen LogP contribution in [0, 0.1) is 30.6 Å². The van der Waals surface area contributed by atoms with Crippen LogP contribution in [0.15, 0.2) is 83.1 Å². The highest BCUT2D eigenvalue weighted by Crippen LogP contribution is 2.40. The lowest BCUT2D eigenvalue weighted by molar-refractivity contribution is -0.141. The molecule has 1 unspecified atom stereocenters. The number of likely N-dealkylation sites (tertiary alicyclic amines) is 2. The molecule has 370 valence electrons. The number of para-hydroxylation sites is 1. The van der Waals surface area contributed by atoms with E-state index in [9.17, 15) is 14.7 Å². The van der Waals surface area contributed by atoms with Gasteiger partial charge in [-0.05, 0) is 150 Å². The molecule has 4 atom stereocenters. The number of nitrogen functional groups attached to an aromatic ring is 1. The molecule has 15 nitrogen and oxygen atoms in total. The number of amides is 2. The highest BCUT2D eigenvalue weighted by molar-refractivity contribution is 7.13. The van der Waals surface area contributed by atoms with E-state index in [1.807, 2.05) is 80.6 Å². The lowest BCUT2D eigenvalue weighted by Crippen LogP contribution is -2.48. The summed E-state index contributed by atoms with van der Waals surface area (Å²) in [4.78, 5) is 37.8. The van der Waals surface area contributed by atoms with Crippen molar-refractivity contribution in [2.45, 2.75) is 116 Å². The molecular formula is C54H68N10O5S. The summed E-state index contributed by atoms with van der Waals surface area (Å²) in [6, 6.07) is 18.5. The number of hydrogen-bond acceptors (Lipinski definition) is 13. The van der Waals surface area contributed by atoms with Crippen LogP contribution in [0.25, 0.3) is 32.8 Å². The average Bonchev–Trinajstić information content (AvgIpc) is 4.20. The molecule has 2 saturated heterocycles. The number of nitrogens with zero attached hydrogens (tertiary/aromatic N) is 8. The summed E-state index contributed by atoms with van der Waals surface area (Å²) >= 11 is 1.62. The van der Waals surface area contributed by atoms with Crippen molar-refractivity contribution in [3.63, 3.8) is 0 Å².